The van der Waals surface area contributed by atoms with Gasteiger partial charge in [-0.25, -0.2) is 4.99 Å². The number of fused-ring (bicyclic) bond motifs is 2. The van der Waals surface area contributed by atoms with Crippen molar-refractivity contribution in [3.05, 3.63) is 53.6 Å². The summed E-state index contributed by atoms with van der Waals surface area (Å²) in [6.07, 6.45) is 2.32. The molecule has 5 rings (SSSR count). The van der Waals surface area contributed by atoms with Crippen molar-refractivity contribution in [1.82, 2.24) is 5.32 Å². The highest BCUT2D eigenvalue weighted by atomic mass is 16.7. The number of piperidine rings is 1. The zero-order chi connectivity index (χ0) is 19.8. The Labute approximate surface area is 169 Å². The van der Waals surface area contributed by atoms with Crippen molar-refractivity contribution in [2.75, 3.05) is 24.8 Å². The summed E-state index contributed by atoms with van der Waals surface area (Å²) >= 11 is 0. The van der Waals surface area contributed by atoms with Crippen LogP contribution in [0.5, 0.6) is 11.5 Å². The molecule has 7 nitrogen and oxygen atoms in total. The number of nitrogens with zero attached hydrogens (tertiary/aromatic N) is 2. The topological polar surface area (TPSA) is 89.2 Å². The van der Waals surface area contributed by atoms with E-state index < -0.39 is 0 Å². The molecule has 7 heteroatoms. The van der Waals surface area contributed by atoms with Gasteiger partial charge in [-0.2, -0.15) is 0 Å². The Morgan fingerprint density at radius 1 is 1.14 bits per heavy atom. The number of aliphatic imine (C=N–C) groups is 1. The van der Waals surface area contributed by atoms with Crippen molar-refractivity contribution in [3.63, 3.8) is 0 Å². The van der Waals surface area contributed by atoms with Gasteiger partial charge in [0.2, 0.25) is 18.7 Å². The summed E-state index contributed by atoms with van der Waals surface area (Å²) in [5.41, 5.74) is 9.10. The SMILES string of the molecule is NC1=NC(C2CCNCC2)c2ccccc2N1C(=O)Cc1ccc2c(c1)OCO2. The highest BCUT2D eigenvalue weighted by Crippen LogP contribution is 2.40. The maximum Gasteiger partial charge on any atom is 0.238 e. The molecule has 1 saturated heterocycles. The summed E-state index contributed by atoms with van der Waals surface area (Å²) in [4.78, 5) is 19.5. The van der Waals surface area contributed by atoms with Gasteiger partial charge in [0.1, 0.15) is 0 Å². The van der Waals surface area contributed by atoms with E-state index in [-0.39, 0.29) is 31.1 Å². The number of nitrogens with one attached hydrogen (secondary N) is 1. The van der Waals surface area contributed by atoms with Crippen LogP contribution in [0.3, 0.4) is 0 Å². The van der Waals surface area contributed by atoms with Crippen LogP contribution < -0.4 is 25.4 Å². The van der Waals surface area contributed by atoms with E-state index in [1.807, 2.05) is 36.4 Å². The molecule has 0 aromatic heterocycles. The van der Waals surface area contributed by atoms with Crippen LogP contribution in [0.15, 0.2) is 47.5 Å². The van der Waals surface area contributed by atoms with E-state index in [9.17, 15) is 4.79 Å². The second-order valence-electron chi connectivity index (χ2n) is 7.67. The summed E-state index contributed by atoms with van der Waals surface area (Å²) in [5.74, 6) is 1.97. The first-order valence-electron chi connectivity index (χ1n) is 10.0. The lowest BCUT2D eigenvalue weighted by atomic mass is 9.84. The molecule has 0 bridgehead atoms. The minimum absolute atomic E-state index is 0.00268. The van der Waals surface area contributed by atoms with Gasteiger partial charge >= 0.3 is 0 Å². The normalized spacial score (nSPS) is 20.9. The fourth-order valence-corrected chi connectivity index (χ4v) is 4.42. The van der Waals surface area contributed by atoms with Crippen LogP contribution in [0.2, 0.25) is 0 Å². The van der Waals surface area contributed by atoms with Crippen molar-refractivity contribution in [2.45, 2.75) is 25.3 Å². The summed E-state index contributed by atoms with van der Waals surface area (Å²) < 4.78 is 10.8. The molecule has 2 aromatic rings. The van der Waals surface area contributed by atoms with Crippen molar-refractivity contribution >= 4 is 17.6 Å². The van der Waals surface area contributed by atoms with Gasteiger partial charge in [0, 0.05) is 5.56 Å². The quantitative estimate of drug-likeness (QED) is 0.837. The zero-order valence-electron chi connectivity index (χ0n) is 16.1. The fourth-order valence-electron chi connectivity index (χ4n) is 4.42. The first kappa shape index (κ1) is 18.0. The number of nitrogens with two attached hydrogens (primary N) is 1. The Bertz CT molecular complexity index is 968. The van der Waals surface area contributed by atoms with E-state index in [1.165, 1.54) is 0 Å². The molecule has 0 aliphatic carbocycles. The highest BCUT2D eigenvalue weighted by molar-refractivity contribution is 6.17. The molecule has 0 saturated carbocycles. The minimum Gasteiger partial charge on any atom is -0.454 e. The predicted molar refractivity (Wildman–Crippen MR) is 110 cm³/mol. The molecule has 3 aliphatic heterocycles. The third-order valence-corrected chi connectivity index (χ3v) is 5.87. The number of benzene rings is 2. The zero-order valence-corrected chi connectivity index (χ0v) is 16.1. The molecular weight excluding hydrogens is 368 g/mol. The van der Waals surface area contributed by atoms with E-state index >= 15 is 0 Å². The van der Waals surface area contributed by atoms with Gasteiger partial charge in [0.15, 0.2) is 11.5 Å². The lowest BCUT2D eigenvalue weighted by Crippen LogP contribution is -2.46. The first-order valence-corrected chi connectivity index (χ1v) is 10.0. The standard InChI is InChI=1S/C22H24N4O3/c23-22-25-21(15-7-9-24-10-8-15)16-3-1-2-4-17(16)26(22)20(27)12-14-5-6-18-19(11-14)29-13-28-18/h1-6,11,15,21,24H,7-10,12-13H2,(H2,23,25). The molecule has 150 valence electrons. The second kappa shape index (κ2) is 7.40. The molecule has 0 radical (unpaired) electrons. The van der Waals surface area contributed by atoms with Gasteiger partial charge in [-0.05, 0) is 55.6 Å². The van der Waals surface area contributed by atoms with E-state index in [2.05, 4.69) is 11.4 Å². The number of hydrogen-bond acceptors (Lipinski definition) is 6. The molecule has 3 N–H and O–H groups in total. The number of hydrogen-bond donors (Lipinski definition) is 2. The first-order chi connectivity index (χ1) is 14.2. The summed E-state index contributed by atoms with van der Waals surface area (Å²) in [6.45, 7) is 2.20. The number of amides is 1. The van der Waals surface area contributed by atoms with Crippen LogP contribution in [0.25, 0.3) is 0 Å². The fraction of sp³-hybridized carbons (Fsp3) is 0.364. The Hall–Kier alpha value is -3.06. The van der Waals surface area contributed by atoms with Gasteiger partial charge < -0.3 is 20.5 Å². The molecule has 1 fully saturated rings. The summed E-state index contributed by atoms with van der Waals surface area (Å²) in [5, 5.41) is 3.40. The van der Waals surface area contributed by atoms with Crippen molar-refractivity contribution < 1.29 is 14.3 Å². The Kier molecular flexibility index (Phi) is 4.60. The van der Waals surface area contributed by atoms with Gasteiger partial charge in [0.25, 0.3) is 0 Å². The average Bonchev–Trinajstić information content (AvgIpc) is 3.21. The third kappa shape index (κ3) is 3.31. The maximum absolute atomic E-state index is 13.2. The molecule has 3 heterocycles. The molecule has 1 atom stereocenters. The largest absolute Gasteiger partial charge is 0.454 e. The lowest BCUT2D eigenvalue weighted by molar-refractivity contribution is -0.117. The molecule has 1 unspecified atom stereocenters. The number of ether oxygens (including phenoxy) is 2. The number of guanidine groups is 1. The molecule has 1 amide bonds. The summed E-state index contributed by atoms with van der Waals surface area (Å²) in [7, 11) is 0. The van der Waals surface area contributed by atoms with Gasteiger partial charge in [-0.1, -0.05) is 24.3 Å². The number of anilines is 1. The summed E-state index contributed by atoms with van der Waals surface area (Å²) in [6, 6.07) is 13.5. The Morgan fingerprint density at radius 2 is 1.93 bits per heavy atom. The van der Waals surface area contributed by atoms with Gasteiger partial charge in [-0.3, -0.25) is 9.69 Å². The molecule has 3 aliphatic rings. The van der Waals surface area contributed by atoms with E-state index in [1.54, 1.807) is 4.90 Å². The van der Waals surface area contributed by atoms with Crippen molar-refractivity contribution in [2.24, 2.45) is 16.6 Å². The van der Waals surface area contributed by atoms with E-state index in [4.69, 9.17) is 20.2 Å². The second-order valence-corrected chi connectivity index (χ2v) is 7.67. The number of para-hydroxylation sites is 1. The molecule has 2 aromatic carbocycles. The third-order valence-electron chi connectivity index (χ3n) is 5.87. The van der Waals surface area contributed by atoms with Crippen LogP contribution in [-0.4, -0.2) is 31.7 Å². The van der Waals surface area contributed by atoms with Gasteiger partial charge in [-0.15, -0.1) is 0 Å². The highest BCUT2D eigenvalue weighted by Gasteiger charge is 2.34. The van der Waals surface area contributed by atoms with Crippen LogP contribution in [0.1, 0.15) is 30.0 Å². The minimum atomic E-state index is -0.110. The van der Waals surface area contributed by atoms with Crippen LogP contribution >= 0.6 is 0 Å². The molecule has 0 spiro atoms. The predicted octanol–water partition coefficient (Wildman–Crippen LogP) is 2.36. The van der Waals surface area contributed by atoms with Crippen LogP contribution in [0, 0.1) is 5.92 Å². The molecular formula is C22H24N4O3. The van der Waals surface area contributed by atoms with Crippen molar-refractivity contribution in [1.29, 1.82) is 0 Å². The van der Waals surface area contributed by atoms with Crippen LogP contribution in [0.4, 0.5) is 5.69 Å². The molecule has 29 heavy (non-hydrogen) atoms. The van der Waals surface area contributed by atoms with E-state index in [0.29, 0.717) is 17.4 Å². The Morgan fingerprint density at radius 3 is 2.79 bits per heavy atom. The van der Waals surface area contributed by atoms with Gasteiger partial charge in [0.05, 0.1) is 18.2 Å². The number of carbonyl (C=O) groups is 1. The monoisotopic (exact) mass is 392 g/mol. The average molecular weight is 392 g/mol. The lowest BCUT2D eigenvalue weighted by Gasteiger charge is -2.36. The smallest absolute Gasteiger partial charge is 0.238 e. The Balaban J connectivity index is 1.43. The maximum atomic E-state index is 13.2. The van der Waals surface area contributed by atoms with E-state index in [0.717, 1.165) is 42.7 Å². The number of rotatable bonds is 3. The number of carbonyl (C=O) groups excluding carboxylic acids is 1. The van der Waals surface area contributed by atoms with Crippen molar-refractivity contribution in [3.8, 4) is 11.5 Å². The van der Waals surface area contributed by atoms with Crippen LogP contribution in [-0.2, 0) is 11.2 Å².